The highest BCUT2D eigenvalue weighted by Gasteiger charge is 2.30. The fourth-order valence-electron chi connectivity index (χ4n) is 2.68. The molecule has 0 bridgehead atoms. The van der Waals surface area contributed by atoms with Gasteiger partial charge in [0.2, 0.25) is 0 Å². The van der Waals surface area contributed by atoms with Gasteiger partial charge in [-0.1, -0.05) is 23.7 Å². The van der Waals surface area contributed by atoms with Crippen molar-refractivity contribution in [2.45, 2.75) is 12.5 Å². The van der Waals surface area contributed by atoms with Crippen LogP contribution in [0.25, 0.3) is 10.9 Å². The number of rotatable bonds is 5. The van der Waals surface area contributed by atoms with Crippen molar-refractivity contribution >= 4 is 22.5 Å². The van der Waals surface area contributed by atoms with Gasteiger partial charge in [-0.15, -0.1) is 0 Å². The van der Waals surface area contributed by atoms with Gasteiger partial charge in [-0.3, -0.25) is 4.90 Å². The number of aromatic amines is 1. The minimum Gasteiger partial charge on any atom is -0.489 e. The van der Waals surface area contributed by atoms with Crippen molar-refractivity contribution < 1.29 is 9.13 Å². The molecule has 0 spiro atoms. The van der Waals surface area contributed by atoms with Gasteiger partial charge in [0.1, 0.15) is 18.2 Å². The van der Waals surface area contributed by atoms with Crippen LogP contribution in [0.1, 0.15) is 12.5 Å². The summed E-state index contributed by atoms with van der Waals surface area (Å²) >= 11 is 6.09. The van der Waals surface area contributed by atoms with Gasteiger partial charge in [-0.05, 0) is 56.9 Å². The van der Waals surface area contributed by atoms with E-state index < -0.39 is 5.54 Å². The third kappa shape index (κ3) is 3.12. The Morgan fingerprint density at radius 1 is 1.17 bits per heavy atom. The van der Waals surface area contributed by atoms with Crippen molar-refractivity contribution in [3.63, 3.8) is 0 Å². The number of aromatic nitrogens is 1. The first-order chi connectivity index (χ1) is 11.4. The lowest BCUT2D eigenvalue weighted by Gasteiger charge is -2.36. The van der Waals surface area contributed by atoms with Crippen LogP contribution in [0, 0.1) is 5.82 Å². The van der Waals surface area contributed by atoms with Crippen LogP contribution in [0.3, 0.4) is 0 Å². The van der Waals surface area contributed by atoms with Crippen molar-refractivity contribution in [3.05, 3.63) is 65.1 Å². The smallest absolute Gasteiger partial charge is 0.144 e. The van der Waals surface area contributed by atoms with Crippen LogP contribution in [0.15, 0.2) is 48.7 Å². The summed E-state index contributed by atoms with van der Waals surface area (Å²) in [6.45, 7) is 2.49. The van der Waals surface area contributed by atoms with E-state index in [9.17, 15) is 4.39 Å². The van der Waals surface area contributed by atoms with E-state index in [0.717, 1.165) is 22.2 Å². The maximum Gasteiger partial charge on any atom is 0.144 e. The molecule has 5 heteroatoms. The molecule has 0 aliphatic carbocycles. The number of ether oxygens (including phenoxy) is 1. The molecule has 3 nitrogen and oxygen atoms in total. The maximum atomic E-state index is 13.2. The number of benzene rings is 2. The Kier molecular flexibility index (Phi) is 4.52. The third-order valence-corrected chi connectivity index (χ3v) is 4.80. The van der Waals surface area contributed by atoms with Gasteiger partial charge in [-0.2, -0.15) is 0 Å². The summed E-state index contributed by atoms with van der Waals surface area (Å²) in [7, 11) is 3.97. The fraction of sp³-hybridized carbons (Fsp3) is 0.263. The average Bonchev–Trinajstić information content (AvgIpc) is 2.95. The number of nitrogens with zero attached hydrogens (tertiary/aromatic N) is 1. The number of hydrogen-bond donors (Lipinski definition) is 1. The Morgan fingerprint density at radius 2 is 1.88 bits per heavy atom. The van der Waals surface area contributed by atoms with Crippen LogP contribution >= 0.6 is 11.6 Å². The molecule has 0 saturated carbocycles. The SMILES string of the molecule is CN(C)C(C)(COc1c[nH]c2ccc(Cl)cc12)c1ccc(F)cc1. The van der Waals surface area contributed by atoms with E-state index in [2.05, 4.69) is 16.8 Å². The minimum absolute atomic E-state index is 0.243. The van der Waals surface area contributed by atoms with Gasteiger partial charge >= 0.3 is 0 Å². The highest BCUT2D eigenvalue weighted by atomic mass is 35.5. The van der Waals surface area contributed by atoms with Gasteiger partial charge < -0.3 is 9.72 Å². The van der Waals surface area contributed by atoms with Gasteiger partial charge in [0, 0.05) is 22.1 Å². The molecule has 1 heterocycles. The van der Waals surface area contributed by atoms with Gasteiger partial charge in [0.05, 0.1) is 5.54 Å². The van der Waals surface area contributed by atoms with Crippen LogP contribution in [-0.2, 0) is 5.54 Å². The highest BCUT2D eigenvalue weighted by molar-refractivity contribution is 6.31. The Labute approximate surface area is 146 Å². The molecule has 0 radical (unpaired) electrons. The molecule has 1 unspecified atom stereocenters. The van der Waals surface area contributed by atoms with Crippen molar-refractivity contribution in [1.29, 1.82) is 0 Å². The summed E-state index contributed by atoms with van der Waals surface area (Å²) < 4.78 is 19.3. The molecule has 0 amide bonds. The lowest BCUT2D eigenvalue weighted by molar-refractivity contribution is 0.0966. The van der Waals surface area contributed by atoms with Crippen molar-refractivity contribution in [1.82, 2.24) is 9.88 Å². The zero-order chi connectivity index (χ0) is 17.3. The summed E-state index contributed by atoms with van der Waals surface area (Å²) in [6, 6.07) is 12.2. The summed E-state index contributed by atoms with van der Waals surface area (Å²) in [5.74, 6) is 0.509. The Hall–Kier alpha value is -2.04. The van der Waals surface area contributed by atoms with Gasteiger partial charge in [0.15, 0.2) is 0 Å². The predicted molar refractivity (Wildman–Crippen MR) is 96.2 cm³/mol. The molecule has 3 aromatic rings. The molecular formula is C19H20ClFN2O. The first-order valence-electron chi connectivity index (χ1n) is 7.73. The Morgan fingerprint density at radius 3 is 2.54 bits per heavy atom. The zero-order valence-corrected chi connectivity index (χ0v) is 14.7. The van der Waals surface area contributed by atoms with Crippen molar-refractivity contribution in [2.24, 2.45) is 0 Å². The zero-order valence-electron chi connectivity index (χ0n) is 13.9. The third-order valence-electron chi connectivity index (χ3n) is 4.57. The molecule has 2 aromatic carbocycles. The van der Waals surface area contributed by atoms with Gasteiger partial charge in [-0.25, -0.2) is 4.39 Å². The molecule has 1 aromatic heterocycles. The van der Waals surface area contributed by atoms with Crippen LogP contribution in [0.4, 0.5) is 4.39 Å². The first-order valence-corrected chi connectivity index (χ1v) is 8.11. The number of H-pyrrole nitrogens is 1. The lowest BCUT2D eigenvalue weighted by atomic mass is 9.91. The van der Waals surface area contributed by atoms with E-state index >= 15 is 0 Å². The van der Waals surface area contributed by atoms with E-state index in [1.807, 2.05) is 38.5 Å². The van der Waals surface area contributed by atoms with E-state index in [-0.39, 0.29) is 5.82 Å². The summed E-state index contributed by atoms with van der Waals surface area (Å²) in [5.41, 5.74) is 1.57. The first kappa shape index (κ1) is 16.8. The monoisotopic (exact) mass is 346 g/mol. The van der Waals surface area contributed by atoms with E-state index in [1.54, 1.807) is 12.1 Å². The lowest BCUT2D eigenvalue weighted by Crippen LogP contribution is -2.43. The number of likely N-dealkylation sites (N-methyl/N-ethyl adjacent to an activating group) is 1. The highest BCUT2D eigenvalue weighted by Crippen LogP contribution is 2.32. The minimum atomic E-state index is -0.393. The molecular weight excluding hydrogens is 327 g/mol. The topological polar surface area (TPSA) is 28.3 Å². The molecule has 0 aliphatic heterocycles. The fourth-order valence-corrected chi connectivity index (χ4v) is 2.86. The summed E-state index contributed by atoms with van der Waals surface area (Å²) in [5, 5.41) is 1.61. The largest absolute Gasteiger partial charge is 0.489 e. The van der Waals surface area contributed by atoms with Crippen LogP contribution in [0.2, 0.25) is 5.02 Å². The number of nitrogens with one attached hydrogen (secondary N) is 1. The van der Waals surface area contributed by atoms with Crippen molar-refractivity contribution in [3.8, 4) is 5.75 Å². The Bertz CT molecular complexity index is 844. The molecule has 0 saturated heterocycles. The van der Waals surface area contributed by atoms with Crippen LogP contribution < -0.4 is 4.74 Å². The molecule has 1 N–H and O–H groups in total. The molecule has 0 aliphatic rings. The average molecular weight is 347 g/mol. The number of hydrogen-bond acceptors (Lipinski definition) is 2. The molecule has 1 atom stereocenters. The standard InChI is InChI=1S/C19H20ClFN2O/c1-19(23(2)3,13-4-7-15(21)8-5-13)12-24-18-11-22-17-9-6-14(20)10-16(17)18/h4-11,22H,12H2,1-3H3. The van der Waals surface area contributed by atoms with E-state index in [4.69, 9.17) is 16.3 Å². The second kappa shape index (κ2) is 6.46. The number of halogens is 2. The normalized spacial score (nSPS) is 14.1. The number of fused-ring (bicyclic) bond motifs is 1. The second-order valence-corrected chi connectivity index (χ2v) is 6.74. The van der Waals surface area contributed by atoms with Crippen LogP contribution in [-0.4, -0.2) is 30.6 Å². The molecule has 126 valence electrons. The maximum absolute atomic E-state index is 13.2. The van der Waals surface area contributed by atoms with Gasteiger partial charge in [0.25, 0.3) is 0 Å². The molecule has 3 rings (SSSR count). The summed E-state index contributed by atoms with van der Waals surface area (Å²) in [4.78, 5) is 5.25. The summed E-state index contributed by atoms with van der Waals surface area (Å²) in [6.07, 6.45) is 1.84. The van der Waals surface area contributed by atoms with Crippen molar-refractivity contribution in [2.75, 3.05) is 20.7 Å². The van der Waals surface area contributed by atoms with E-state index in [0.29, 0.717) is 11.6 Å². The molecule has 0 fully saturated rings. The van der Waals surface area contributed by atoms with E-state index in [1.165, 1.54) is 12.1 Å². The molecule has 24 heavy (non-hydrogen) atoms. The Balaban J connectivity index is 1.88. The predicted octanol–water partition coefficient (Wildman–Crippen LogP) is 4.82. The quantitative estimate of drug-likeness (QED) is 0.717. The second-order valence-electron chi connectivity index (χ2n) is 6.31. The van der Waals surface area contributed by atoms with Crippen LogP contribution in [0.5, 0.6) is 5.75 Å².